The maximum Gasteiger partial charge on any atom is 0.341 e. The smallest absolute Gasteiger partial charge is 0.341 e. The summed E-state index contributed by atoms with van der Waals surface area (Å²) in [6.07, 6.45) is 2.75. The minimum Gasteiger partial charge on any atom is -0.486 e. The molecule has 1 aliphatic rings. The van der Waals surface area contributed by atoms with Crippen LogP contribution >= 0.6 is 34.7 Å². The van der Waals surface area contributed by atoms with E-state index < -0.39 is 5.97 Å². The molecule has 11 heteroatoms. The van der Waals surface area contributed by atoms with Crippen LogP contribution in [0.15, 0.2) is 29.4 Å². The van der Waals surface area contributed by atoms with Gasteiger partial charge in [-0.25, -0.2) is 4.79 Å². The van der Waals surface area contributed by atoms with Gasteiger partial charge in [-0.2, -0.15) is 0 Å². The Bertz CT molecular complexity index is 1190. The summed E-state index contributed by atoms with van der Waals surface area (Å²) < 4.78 is 12.5. The van der Waals surface area contributed by atoms with Crippen LogP contribution < -0.4 is 10.1 Å². The highest BCUT2D eigenvalue weighted by molar-refractivity contribution is 7.99. The lowest BCUT2D eigenvalue weighted by molar-refractivity contribution is -0.113. The number of nitrogens with one attached hydrogen (secondary N) is 1. The van der Waals surface area contributed by atoms with Crippen molar-refractivity contribution in [2.24, 2.45) is 13.0 Å². The summed E-state index contributed by atoms with van der Waals surface area (Å²) in [4.78, 5) is 26.3. The zero-order chi connectivity index (χ0) is 24.2. The number of rotatable bonds is 8. The summed E-state index contributed by atoms with van der Waals surface area (Å²) in [6, 6.07) is 7.07. The van der Waals surface area contributed by atoms with Crippen LogP contribution in [0.1, 0.15) is 40.0 Å². The van der Waals surface area contributed by atoms with Crippen molar-refractivity contribution < 1.29 is 19.1 Å². The van der Waals surface area contributed by atoms with Gasteiger partial charge in [0.25, 0.3) is 0 Å². The van der Waals surface area contributed by atoms with E-state index in [0.29, 0.717) is 38.2 Å². The number of thioether (sulfide) groups is 1. The molecule has 4 rings (SSSR count). The van der Waals surface area contributed by atoms with Crippen molar-refractivity contribution in [1.29, 1.82) is 0 Å². The van der Waals surface area contributed by atoms with Crippen molar-refractivity contribution in [2.45, 2.75) is 37.9 Å². The monoisotopic (exact) mass is 520 g/mol. The molecule has 3 aromatic rings. The number of carbonyl (C=O) groups is 2. The Balaban J connectivity index is 1.37. The van der Waals surface area contributed by atoms with Crippen LogP contribution in [-0.4, -0.2) is 39.5 Å². The molecule has 0 spiro atoms. The fourth-order valence-corrected chi connectivity index (χ4v) is 6.00. The predicted octanol–water partition coefficient (Wildman–Crippen LogP) is 4.75. The lowest BCUT2D eigenvalue weighted by Crippen LogP contribution is -2.17. The van der Waals surface area contributed by atoms with E-state index in [2.05, 4.69) is 22.4 Å². The van der Waals surface area contributed by atoms with Gasteiger partial charge in [-0.15, -0.1) is 21.5 Å². The number of hydrogen-bond donors (Lipinski definition) is 1. The SMILES string of the molecule is COC(=O)c1c(NC(=O)CSc2nnc(COc3ccc(Cl)cc3)n2C)sc2c1CCC(C)C2. The zero-order valence-corrected chi connectivity index (χ0v) is 21.5. The van der Waals surface area contributed by atoms with Gasteiger partial charge in [-0.1, -0.05) is 30.3 Å². The van der Waals surface area contributed by atoms with E-state index in [0.717, 1.165) is 29.7 Å². The van der Waals surface area contributed by atoms with Crippen LogP contribution in [0, 0.1) is 5.92 Å². The topological polar surface area (TPSA) is 95.3 Å². The second-order valence-corrected chi connectivity index (χ2v) is 10.6. The number of aromatic nitrogens is 3. The van der Waals surface area contributed by atoms with E-state index in [1.807, 2.05) is 7.05 Å². The number of hydrogen-bond acceptors (Lipinski definition) is 8. The number of benzene rings is 1. The minimum atomic E-state index is -0.409. The normalized spacial score (nSPS) is 15.0. The Morgan fingerprint density at radius 1 is 1.29 bits per heavy atom. The van der Waals surface area contributed by atoms with E-state index in [-0.39, 0.29) is 18.3 Å². The number of amides is 1. The van der Waals surface area contributed by atoms with Gasteiger partial charge in [0.05, 0.1) is 18.4 Å². The highest BCUT2D eigenvalue weighted by Gasteiger charge is 2.29. The van der Waals surface area contributed by atoms with Gasteiger partial charge in [-0.3, -0.25) is 4.79 Å². The number of anilines is 1. The van der Waals surface area contributed by atoms with E-state index in [4.69, 9.17) is 21.1 Å². The fourth-order valence-electron chi connectivity index (χ4n) is 3.72. The van der Waals surface area contributed by atoms with E-state index >= 15 is 0 Å². The maximum atomic E-state index is 12.7. The number of esters is 1. The largest absolute Gasteiger partial charge is 0.486 e. The third kappa shape index (κ3) is 5.56. The van der Waals surface area contributed by atoms with Gasteiger partial charge >= 0.3 is 5.97 Å². The molecule has 34 heavy (non-hydrogen) atoms. The molecule has 180 valence electrons. The first-order valence-electron chi connectivity index (χ1n) is 10.8. The van der Waals surface area contributed by atoms with Crippen LogP contribution in [-0.2, 0) is 36.0 Å². The molecule has 0 saturated carbocycles. The molecule has 1 amide bonds. The average Bonchev–Trinajstić information content (AvgIpc) is 3.35. The Morgan fingerprint density at radius 3 is 2.79 bits per heavy atom. The maximum absolute atomic E-state index is 12.7. The summed E-state index contributed by atoms with van der Waals surface area (Å²) in [5.74, 6) is 1.37. The molecule has 1 N–H and O–H groups in total. The molecule has 1 unspecified atom stereocenters. The molecule has 1 aromatic carbocycles. The second-order valence-electron chi connectivity index (χ2n) is 8.08. The number of methoxy groups -OCH3 is 1. The lowest BCUT2D eigenvalue weighted by atomic mass is 9.88. The van der Waals surface area contributed by atoms with Crippen molar-refractivity contribution >= 4 is 51.6 Å². The number of thiophene rings is 1. The standard InChI is InChI=1S/C23H25ClN4O4S2/c1-13-4-9-16-17(10-13)34-21(20(16)22(30)31-3)25-19(29)12-33-23-27-26-18(28(23)2)11-32-15-7-5-14(24)6-8-15/h5-8,13H,4,9-12H2,1-3H3,(H,25,29). The number of fused-ring (bicyclic) bond motifs is 1. The summed E-state index contributed by atoms with van der Waals surface area (Å²) in [5.41, 5.74) is 1.50. The minimum absolute atomic E-state index is 0.129. The second kappa shape index (κ2) is 10.8. The third-order valence-corrected chi connectivity index (χ3v) is 8.04. The molecule has 0 fully saturated rings. The average molecular weight is 521 g/mol. The van der Waals surface area contributed by atoms with Crippen LogP contribution in [0.3, 0.4) is 0 Å². The van der Waals surface area contributed by atoms with Crippen molar-refractivity contribution in [3.8, 4) is 5.75 Å². The first-order valence-corrected chi connectivity index (χ1v) is 13.0. The van der Waals surface area contributed by atoms with Crippen molar-refractivity contribution in [3.05, 3.63) is 51.1 Å². The van der Waals surface area contributed by atoms with Crippen LogP contribution in [0.25, 0.3) is 0 Å². The van der Waals surface area contributed by atoms with E-state index in [1.54, 1.807) is 28.8 Å². The summed E-state index contributed by atoms with van der Waals surface area (Å²) in [6.45, 7) is 2.44. The molecular weight excluding hydrogens is 496 g/mol. The summed E-state index contributed by atoms with van der Waals surface area (Å²) in [5, 5.41) is 13.0. The third-order valence-electron chi connectivity index (χ3n) is 5.59. The number of ether oxygens (including phenoxy) is 2. The molecule has 2 heterocycles. The highest BCUT2D eigenvalue weighted by atomic mass is 35.5. The number of halogens is 1. The first kappa shape index (κ1) is 24.6. The number of nitrogens with zero attached hydrogens (tertiary/aromatic N) is 3. The quantitative estimate of drug-likeness (QED) is 0.338. The van der Waals surface area contributed by atoms with Crippen LogP contribution in [0.4, 0.5) is 5.00 Å². The van der Waals surface area contributed by atoms with Crippen molar-refractivity contribution in [3.63, 3.8) is 0 Å². The van der Waals surface area contributed by atoms with E-state index in [9.17, 15) is 9.59 Å². The van der Waals surface area contributed by atoms with Gasteiger partial charge in [0.15, 0.2) is 11.0 Å². The van der Waals surface area contributed by atoms with Gasteiger partial charge in [0, 0.05) is 16.9 Å². The molecule has 0 aliphatic heterocycles. The molecule has 8 nitrogen and oxygen atoms in total. The zero-order valence-electron chi connectivity index (χ0n) is 19.1. The fraction of sp³-hybridized carbons (Fsp3) is 0.391. The molecule has 0 radical (unpaired) electrons. The molecular formula is C23H25ClN4O4S2. The van der Waals surface area contributed by atoms with Crippen molar-refractivity contribution in [1.82, 2.24) is 14.8 Å². The van der Waals surface area contributed by atoms with Gasteiger partial charge in [0.1, 0.15) is 17.4 Å². The molecule has 1 atom stereocenters. The van der Waals surface area contributed by atoms with Gasteiger partial charge in [-0.05, 0) is 55.0 Å². The lowest BCUT2D eigenvalue weighted by Gasteiger charge is -2.18. The Kier molecular flexibility index (Phi) is 7.80. The van der Waals surface area contributed by atoms with Crippen LogP contribution in [0.5, 0.6) is 5.75 Å². The highest BCUT2D eigenvalue weighted by Crippen LogP contribution is 2.40. The molecule has 0 bridgehead atoms. The molecule has 1 aliphatic carbocycles. The Labute approximate surface area is 211 Å². The number of carbonyl (C=O) groups excluding carboxylic acids is 2. The summed E-state index contributed by atoms with van der Waals surface area (Å²) in [7, 11) is 3.19. The van der Waals surface area contributed by atoms with Crippen molar-refractivity contribution in [2.75, 3.05) is 18.2 Å². The van der Waals surface area contributed by atoms with E-state index in [1.165, 1.54) is 30.2 Å². The summed E-state index contributed by atoms with van der Waals surface area (Å²) >= 11 is 8.63. The molecule has 0 saturated heterocycles. The predicted molar refractivity (Wildman–Crippen MR) is 133 cm³/mol. The Hall–Kier alpha value is -2.56. The van der Waals surface area contributed by atoms with Crippen LogP contribution in [0.2, 0.25) is 5.02 Å². The Morgan fingerprint density at radius 2 is 2.06 bits per heavy atom. The van der Waals surface area contributed by atoms with Gasteiger partial charge in [0.2, 0.25) is 5.91 Å². The first-order chi connectivity index (χ1) is 16.4. The van der Waals surface area contributed by atoms with Gasteiger partial charge < -0.3 is 19.4 Å². The molecule has 2 aromatic heterocycles.